The minimum atomic E-state index is 0.529. The van der Waals surface area contributed by atoms with Crippen LogP contribution in [0.2, 0.25) is 0 Å². The highest BCUT2D eigenvalue weighted by atomic mass is 79.9. The largest absolute Gasteiger partial charge is 0.493 e. The van der Waals surface area contributed by atoms with Crippen LogP contribution in [0.4, 0.5) is 0 Å². The van der Waals surface area contributed by atoms with Crippen molar-refractivity contribution in [1.29, 1.82) is 0 Å². The zero-order valence-corrected chi connectivity index (χ0v) is 11.6. The van der Waals surface area contributed by atoms with Gasteiger partial charge in [0.05, 0.1) is 18.6 Å². The number of hydrogen-bond donors (Lipinski definition) is 0. The van der Waals surface area contributed by atoms with Crippen molar-refractivity contribution in [1.82, 2.24) is 9.55 Å². The van der Waals surface area contributed by atoms with Crippen LogP contribution in [0, 0.1) is 5.92 Å². The minimum Gasteiger partial charge on any atom is -0.493 e. The third-order valence-electron chi connectivity index (χ3n) is 4.00. The Kier molecular flexibility index (Phi) is 2.13. The quantitative estimate of drug-likeness (QED) is 0.809. The summed E-state index contributed by atoms with van der Waals surface area (Å²) in [6.45, 7) is 0.820. The maximum Gasteiger partial charge on any atom is 0.122 e. The van der Waals surface area contributed by atoms with Crippen LogP contribution in [0.25, 0.3) is 0 Å². The predicted octanol–water partition coefficient (Wildman–Crippen LogP) is 3.07. The van der Waals surface area contributed by atoms with E-state index in [0.717, 1.165) is 16.8 Å². The highest BCUT2D eigenvalue weighted by molar-refractivity contribution is 9.10. The van der Waals surface area contributed by atoms with Gasteiger partial charge < -0.3 is 9.30 Å². The molecule has 2 aromatic rings. The number of hydrogen-bond acceptors (Lipinski definition) is 2. The topological polar surface area (TPSA) is 27.1 Å². The molecule has 2 heterocycles. The maximum atomic E-state index is 5.84. The van der Waals surface area contributed by atoms with Crippen LogP contribution in [-0.2, 0) is 7.05 Å². The second-order valence-electron chi connectivity index (χ2n) is 5.17. The number of fused-ring (bicyclic) bond motifs is 3. The highest BCUT2D eigenvalue weighted by Crippen LogP contribution is 2.64. The Morgan fingerprint density at radius 2 is 2.28 bits per heavy atom. The third kappa shape index (κ3) is 1.45. The van der Waals surface area contributed by atoms with Crippen molar-refractivity contribution < 1.29 is 4.74 Å². The molecule has 4 heteroatoms. The molecule has 18 heavy (non-hydrogen) atoms. The van der Waals surface area contributed by atoms with Gasteiger partial charge in [0.2, 0.25) is 0 Å². The summed E-state index contributed by atoms with van der Waals surface area (Å²) in [6.07, 6.45) is 4.00. The second kappa shape index (κ2) is 3.60. The van der Waals surface area contributed by atoms with E-state index in [9.17, 15) is 0 Å². The first kappa shape index (κ1) is 10.6. The van der Waals surface area contributed by atoms with E-state index in [1.54, 1.807) is 0 Å². The van der Waals surface area contributed by atoms with Gasteiger partial charge in [0.15, 0.2) is 0 Å². The summed E-state index contributed by atoms with van der Waals surface area (Å²) in [7, 11) is 2.02. The van der Waals surface area contributed by atoms with E-state index in [2.05, 4.69) is 39.2 Å². The molecule has 1 aromatic heterocycles. The Bertz CT molecular complexity index is 622. The van der Waals surface area contributed by atoms with Crippen molar-refractivity contribution in [3.8, 4) is 5.75 Å². The minimum absolute atomic E-state index is 0.529. The van der Waals surface area contributed by atoms with Crippen molar-refractivity contribution >= 4 is 15.9 Å². The van der Waals surface area contributed by atoms with Crippen LogP contribution in [0.3, 0.4) is 0 Å². The number of nitrogens with zero attached hydrogens (tertiary/aromatic N) is 2. The number of benzene rings is 1. The standard InChI is InChI=1S/C14H13BrN2O/c1-17-5-11(16-7-17)14-10-6-18-12-3-2-8(15)4-9(12)13(10)14/h2-5,7,10,13-14H,6H2,1H3/t10-,13+,14-/m0/s1. The van der Waals surface area contributed by atoms with E-state index in [1.165, 1.54) is 11.3 Å². The number of imidazole rings is 1. The fraction of sp³-hybridized carbons (Fsp3) is 0.357. The average molecular weight is 305 g/mol. The lowest BCUT2D eigenvalue weighted by Crippen LogP contribution is -2.08. The number of halogens is 1. The van der Waals surface area contributed by atoms with Gasteiger partial charge in [-0.1, -0.05) is 15.9 Å². The molecule has 2 aliphatic rings. The van der Waals surface area contributed by atoms with Gasteiger partial charge in [0, 0.05) is 35.5 Å². The number of rotatable bonds is 1. The molecular formula is C14H13BrN2O. The molecule has 1 aliphatic carbocycles. The Balaban J connectivity index is 1.74. The average Bonchev–Trinajstić information content (AvgIpc) is 2.96. The second-order valence-corrected chi connectivity index (χ2v) is 6.09. The molecule has 92 valence electrons. The molecule has 0 unspecified atom stereocenters. The van der Waals surface area contributed by atoms with E-state index in [4.69, 9.17) is 4.74 Å². The molecule has 0 bridgehead atoms. The third-order valence-corrected chi connectivity index (χ3v) is 4.49. The summed E-state index contributed by atoms with van der Waals surface area (Å²) < 4.78 is 8.97. The molecule has 3 nitrogen and oxygen atoms in total. The van der Waals surface area contributed by atoms with E-state index in [-0.39, 0.29) is 0 Å². The van der Waals surface area contributed by atoms with Gasteiger partial charge in [-0.05, 0) is 23.8 Å². The van der Waals surface area contributed by atoms with E-state index < -0.39 is 0 Å². The van der Waals surface area contributed by atoms with Gasteiger partial charge in [-0.2, -0.15) is 0 Å². The van der Waals surface area contributed by atoms with Crippen molar-refractivity contribution in [2.75, 3.05) is 6.61 Å². The SMILES string of the molecule is Cn1cnc([C@@H]2[C@H]3COc4ccc(Br)cc4[C@H]32)c1. The molecule has 0 spiro atoms. The zero-order chi connectivity index (χ0) is 12.3. The summed E-state index contributed by atoms with van der Waals surface area (Å²) >= 11 is 3.54. The molecule has 1 fully saturated rings. The highest BCUT2D eigenvalue weighted by Gasteiger charge is 2.56. The first-order chi connectivity index (χ1) is 8.74. The lowest BCUT2D eigenvalue weighted by atomic mass is 10.1. The lowest BCUT2D eigenvalue weighted by Gasteiger charge is -2.16. The van der Waals surface area contributed by atoms with Gasteiger partial charge >= 0.3 is 0 Å². The molecule has 0 radical (unpaired) electrons. The molecule has 0 N–H and O–H groups in total. The van der Waals surface area contributed by atoms with E-state index >= 15 is 0 Å². The fourth-order valence-corrected chi connectivity index (χ4v) is 3.49. The van der Waals surface area contributed by atoms with Crippen LogP contribution in [0.1, 0.15) is 23.1 Å². The molecule has 1 aromatic carbocycles. The molecule has 0 saturated heterocycles. The van der Waals surface area contributed by atoms with Gasteiger partial charge in [-0.25, -0.2) is 4.98 Å². The Hall–Kier alpha value is -1.29. The monoisotopic (exact) mass is 304 g/mol. The fourth-order valence-electron chi connectivity index (χ4n) is 3.11. The van der Waals surface area contributed by atoms with Crippen molar-refractivity contribution in [3.05, 3.63) is 46.5 Å². The molecule has 3 atom stereocenters. The Morgan fingerprint density at radius 1 is 1.39 bits per heavy atom. The molecule has 1 aliphatic heterocycles. The lowest BCUT2D eigenvalue weighted by molar-refractivity contribution is 0.277. The number of ether oxygens (including phenoxy) is 1. The summed E-state index contributed by atoms with van der Waals surface area (Å²) in [5.74, 6) is 2.75. The normalized spacial score (nSPS) is 28.2. The van der Waals surface area contributed by atoms with Crippen molar-refractivity contribution in [3.63, 3.8) is 0 Å². The van der Waals surface area contributed by atoms with Crippen LogP contribution < -0.4 is 4.74 Å². The number of aryl methyl sites for hydroxylation is 1. The first-order valence-corrected chi connectivity index (χ1v) is 6.93. The Morgan fingerprint density at radius 3 is 3.06 bits per heavy atom. The molecule has 0 amide bonds. The van der Waals surface area contributed by atoms with Gasteiger partial charge in [0.1, 0.15) is 5.75 Å². The van der Waals surface area contributed by atoms with Crippen LogP contribution >= 0.6 is 15.9 Å². The predicted molar refractivity (Wildman–Crippen MR) is 71.8 cm³/mol. The first-order valence-electron chi connectivity index (χ1n) is 6.14. The van der Waals surface area contributed by atoms with E-state index in [1.807, 2.05) is 24.0 Å². The van der Waals surface area contributed by atoms with Crippen molar-refractivity contribution in [2.45, 2.75) is 11.8 Å². The van der Waals surface area contributed by atoms with Crippen LogP contribution in [0.15, 0.2) is 35.2 Å². The van der Waals surface area contributed by atoms with Gasteiger partial charge in [-0.15, -0.1) is 0 Å². The van der Waals surface area contributed by atoms with Crippen LogP contribution in [-0.4, -0.2) is 16.2 Å². The zero-order valence-electron chi connectivity index (χ0n) is 10.0. The maximum absolute atomic E-state index is 5.84. The Labute approximate surface area is 114 Å². The number of aromatic nitrogens is 2. The van der Waals surface area contributed by atoms with Crippen molar-refractivity contribution in [2.24, 2.45) is 13.0 Å². The summed E-state index contributed by atoms with van der Waals surface area (Å²) in [4.78, 5) is 4.49. The summed E-state index contributed by atoms with van der Waals surface area (Å²) in [5, 5.41) is 0. The van der Waals surface area contributed by atoms with Crippen LogP contribution in [0.5, 0.6) is 5.75 Å². The van der Waals surface area contributed by atoms with Gasteiger partial charge in [-0.3, -0.25) is 0 Å². The summed E-state index contributed by atoms with van der Waals surface area (Å²) in [5.41, 5.74) is 2.53. The molecule has 1 saturated carbocycles. The van der Waals surface area contributed by atoms with Gasteiger partial charge in [0.25, 0.3) is 0 Å². The smallest absolute Gasteiger partial charge is 0.122 e. The molecule has 4 rings (SSSR count). The summed E-state index contributed by atoms with van der Waals surface area (Å²) in [6, 6.07) is 6.29. The molecular weight excluding hydrogens is 292 g/mol. The van der Waals surface area contributed by atoms with E-state index in [0.29, 0.717) is 17.8 Å².